The third kappa shape index (κ3) is 5.45. The lowest BCUT2D eigenvalue weighted by Gasteiger charge is -2.16. The summed E-state index contributed by atoms with van der Waals surface area (Å²) < 4.78 is 16.5. The van der Waals surface area contributed by atoms with Crippen molar-refractivity contribution >= 4 is 22.6 Å². The number of aryl methyl sites for hydroxylation is 1. The number of methoxy groups -OCH3 is 1. The van der Waals surface area contributed by atoms with Crippen LogP contribution in [-0.2, 0) is 11.2 Å². The predicted molar refractivity (Wildman–Crippen MR) is 122 cm³/mol. The van der Waals surface area contributed by atoms with E-state index in [-0.39, 0.29) is 11.5 Å². The van der Waals surface area contributed by atoms with Gasteiger partial charge in [-0.2, -0.15) is 0 Å². The SMILES string of the molecule is COc1ccc(NC(=O)[C@H](C)Oc2ccc3c(C)c(CCC(C)C)c(=O)oc3c2)cc1. The molecule has 6 nitrogen and oxygen atoms in total. The Morgan fingerprint density at radius 2 is 1.74 bits per heavy atom. The van der Waals surface area contributed by atoms with E-state index in [0.717, 1.165) is 22.9 Å². The number of benzene rings is 2. The number of anilines is 1. The molecule has 0 aliphatic rings. The first-order valence-corrected chi connectivity index (χ1v) is 10.5. The van der Waals surface area contributed by atoms with E-state index < -0.39 is 6.10 Å². The highest BCUT2D eigenvalue weighted by Crippen LogP contribution is 2.26. The van der Waals surface area contributed by atoms with E-state index in [1.165, 1.54) is 0 Å². The second kappa shape index (κ2) is 9.69. The molecule has 164 valence electrons. The molecule has 1 aromatic heterocycles. The van der Waals surface area contributed by atoms with Crippen LogP contribution >= 0.6 is 0 Å². The minimum absolute atomic E-state index is 0.285. The summed E-state index contributed by atoms with van der Waals surface area (Å²) in [6.45, 7) is 7.88. The number of fused-ring (bicyclic) bond motifs is 1. The van der Waals surface area contributed by atoms with E-state index in [0.29, 0.717) is 35.1 Å². The minimum atomic E-state index is -0.738. The van der Waals surface area contributed by atoms with Crippen molar-refractivity contribution in [2.45, 2.75) is 46.6 Å². The maximum absolute atomic E-state index is 12.5. The highest BCUT2D eigenvalue weighted by Gasteiger charge is 2.17. The van der Waals surface area contributed by atoms with Crippen molar-refractivity contribution in [3.63, 3.8) is 0 Å². The van der Waals surface area contributed by atoms with Gasteiger partial charge in [-0.05, 0) is 74.6 Å². The van der Waals surface area contributed by atoms with Gasteiger partial charge in [-0.3, -0.25) is 4.79 Å². The average molecular weight is 424 g/mol. The Hall–Kier alpha value is -3.28. The molecule has 2 aromatic carbocycles. The van der Waals surface area contributed by atoms with Crippen LogP contribution in [0.5, 0.6) is 11.5 Å². The molecule has 6 heteroatoms. The molecule has 31 heavy (non-hydrogen) atoms. The molecule has 0 fully saturated rings. The van der Waals surface area contributed by atoms with E-state index in [1.54, 1.807) is 50.4 Å². The third-order valence-corrected chi connectivity index (χ3v) is 5.27. The highest BCUT2D eigenvalue weighted by molar-refractivity contribution is 5.94. The molecule has 1 N–H and O–H groups in total. The second-order valence-corrected chi connectivity index (χ2v) is 8.06. The van der Waals surface area contributed by atoms with Gasteiger partial charge in [0.05, 0.1) is 7.11 Å². The largest absolute Gasteiger partial charge is 0.497 e. The summed E-state index contributed by atoms with van der Waals surface area (Å²) in [6.07, 6.45) is 0.888. The van der Waals surface area contributed by atoms with Crippen LogP contribution in [0.25, 0.3) is 11.0 Å². The van der Waals surface area contributed by atoms with Crippen molar-refractivity contribution < 1.29 is 18.7 Å². The standard InChI is InChI=1S/C25H29NO5/c1-15(2)6-12-22-16(3)21-13-11-20(14-23(21)31-25(22)28)30-17(4)24(27)26-18-7-9-19(29-5)10-8-18/h7-11,13-15,17H,6,12H2,1-5H3,(H,26,27)/t17-/m0/s1. The fourth-order valence-electron chi connectivity index (χ4n) is 3.35. The first kappa shape index (κ1) is 22.4. The van der Waals surface area contributed by atoms with Crippen LogP contribution < -0.4 is 20.4 Å². The molecular weight excluding hydrogens is 394 g/mol. The number of nitrogens with one attached hydrogen (secondary N) is 1. The number of carbonyl (C=O) groups excluding carboxylic acids is 1. The number of hydrogen-bond acceptors (Lipinski definition) is 5. The van der Waals surface area contributed by atoms with Crippen molar-refractivity contribution in [2.24, 2.45) is 5.92 Å². The van der Waals surface area contributed by atoms with Crippen molar-refractivity contribution in [1.82, 2.24) is 0 Å². The second-order valence-electron chi connectivity index (χ2n) is 8.06. The topological polar surface area (TPSA) is 77.8 Å². The Labute approximate surface area is 182 Å². The maximum Gasteiger partial charge on any atom is 0.339 e. The third-order valence-electron chi connectivity index (χ3n) is 5.27. The molecule has 3 aromatic rings. The Kier molecular flexibility index (Phi) is 7.00. The summed E-state index contributed by atoms with van der Waals surface area (Å²) in [5.74, 6) is 1.40. The van der Waals surface area contributed by atoms with Gasteiger partial charge in [-0.1, -0.05) is 13.8 Å². The quantitative estimate of drug-likeness (QED) is 0.510. The molecule has 0 aliphatic heterocycles. The van der Waals surface area contributed by atoms with Crippen LogP contribution in [0.2, 0.25) is 0 Å². The van der Waals surface area contributed by atoms with E-state index in [9.17, 15) is 9.59 Å². The number of amides is 1. The summed E-state index contributed by atoms with van der Waals surface area (Å²) in [5, 5.41) is 3.68. The van der Waals surface area contributed by atoms with Crippen LogP contribution in [0.3, 0.4) is 0 Å². The van der Waals surface area contributed by atoms with Gasteiger partial charge in [-0.15, -0.1) is 0 Å². The molecule has 0 unspecified atom stereocenters. The average Bonchev–Trinajstić information content (AvgIpc) is 2.73. The molecule has 0 saturated heterocycles. The number of hydrogen-bond donors (Lipinski definition) is 1. The van der Waals surface area contributed by atoms with Crippen molar-refractivity contribution in [2.75, 3.05) is 12.4 Å². The lowest BCUT2D eigenvalue weighted by atomic mass is 9.98. The Morgan fingerprint density at radius 3 is 2.39 bits per heavy atom. The summed E-state index contributed by atoms with van der Waals surface area (Å²) in [5.41, 5.74) is 2.45. The van der Waals surface area contributed by atoms with E-state index in [2.05, 4.69) is 19.2 Å². The molecular formula is C25H29NO5. The fraction of sp³-hybridized carbons (Fsp3) is 0.360. The maximum atomic E-state index is 12.5. The molecule has 0 radical (unpaired) electrons. The first-order chi connectivity index (χ1) is 14.8. The van der Waals surface area contributed by atoms with Gasteiger partial charge < -0.3 is 19.2 Å². The van der Waals surface area contributed by atoms with Gasteiger partial charge in [0.25, 0.3) is 5.91 Å². The molecule has 1 heterocycles. The molecule has 1 amide bonds. The molecule has 0 spiro atoms. The van der Waals surface area contributed by atoms with E-state index in [1.807, 2.05) is 13.0 Å². The monoisotopic (exact) mass is 423 g/mol. The smallest absolute Gasteiger partial charge is 0.339 e. The Bertz CT molecular complexity index is 1120. The summed E-state index contributed by atoms with van der Waals surface area (Å²) in [4.78, 5) is 25.0. The van der Waals surface area contributed by atoms with E-state index >= 15 is 0 Å². The lowest BCUT2D eigenvalue weighted by Crippen LogP contribution is -2.30. The van der Waals surface area contributed by atoms with Gasteiger partial charge in [-0.25, -0.2) is 4.79 Å². The molecule has 0 aliphatic carbocycles. The zero-order valence-corrected chi connectivity index (χ0v) is 18.7. The summed E-state index contributed by atoms with van der Waals surface area (Å²) in [6, 6.07) is 12.4. The minimum Gasteiger partial charge on any atom is -0.497 e. The van der Waals surface area contributed by atoms with Gasteiger partial charge in [0.15, 0.2) is 6.10 Å². The number of carbonyl (C=O) groups is 1. The summed E-state index contributed by atoms with van der Waals surface area (Å²) in [7, 11) is 1.59. The lowest BCUT2D eigenvalue weighted by molar-refractivity contribution is -0.122. The van der Waals surface area contributed by atoms with Crippen LogP contribution in [0.4, 0.5) is 5.69 Å². The van der Waals surface area contributed by atoms with Crippen LogP contribution in [-0.4, -0.2) is 19.1 Å². The van der Waals surface area contributed by atoms with Gasteiger partial charge >= 0.3 is 5.63 Å². The molecule has 1 atom stereocenters. The van der Waals surface area contributed by atoms with Crippen LogP contribution in [0, 0.1) is 12.8 Å². The van der Waals surface area contributed by atoms with Crippen molar-refractivity contribution in [1.29, 1.82) is 0 Å². The van der Waals surface area contributed by atoms with Crippen LogP contribution in [0.15, 0.2) is 51.7 Å². The number of rotatable bonds is 8. The van der Waals surface area contributed by atoms with Crippen molar-refractivity contribution in [3.05, 3.63) is 64.0 Å². The Balaban J connectivity index is 1.74. The Morgan fingerprint density at radius 1 is 1.06 bits per heavy atom. The zero-order valence-electron chi connectivity index (χ0n) is 18.7. The molecule has 0 saturated carbocycles. The van der Waals surface area contributed by atoms with Crippen molar-refractivity contribution in [3.8, 4) is 11.5 Å². The van der Waals surface area contributed by atoms with E-state index in [4.69, 9.17) is 13.9 Å². The van der Waals surface area contributed by atoms with Crippen LogP contribution in [0.1, 0.15) is 38.3 Å². The molecule has 0 bridgehead atoms. The zero-order chi connectivity index (χ0) is 22.5. The predicted octanol–water partition coefficient (Wildman–Crippen LogP) is 5.10. The van der Waals surface area contributed by atoms with Gasteiger partial charge in [0.1, 0.15) is 17.1 Å². The first-order valence-electron chi connectivity index (χ1n) is 10.5. The summed E-state index contributed by atoms with van der Waals surface area (Å²) >= 11 is 0. The normalized spacial score (nSPS) is 12.1. The molecule has 3 rings (SSSR count). The van der Waals surface area contributed by atoms with Gasteiger partial charge in [0.2, 0.25) is 0 Å². The highest BCUT2D eigenvalue weighted by atomic mass is 16.5. The van der Waals surface area contributed by atoms with Gasteiger partial charge in [0, 0.05) is 22.7 Å². The number of ether oxygens (including phenoxy) is 2. The fourth-order valence-corrected chi connectivity index (χ4v) is 3.35.